The molecule has 3 heterocycles. The van der Waals surface area contributed by atoms with Gasteiger partial charge in [-0.3, -0.25) is 9.59 Å². The topological polar surface area (TPSA) is 153 Å². The molecule has 6 rings (SSSR count). The minimum Gasteiger partial charge on any atom is -0.508 e. The SMILES string of the molecule is CC(=O)Cn1cc(CNC(=O)c2ccc3c(c2)C(=O)OC32c3ccc(O)cc3Oc3cc(O)ccc32)nn1. The van der Waals surface area contributed by atoms with Gasteiger partial charge < -0.3 is 25.0 Å². The first-order chi connectivity index (χ1) is 18.2. The fraction of sp³-hybridized carbons (Fsp3) is 0.148. The van der Waals surface area contributed by atoms with Crippen molar-refractivity contribution in [3.05, 3.63) is 94.3 Å². The molecule has 0 unspecified atom stereocenters. The number of ether oxygens (including phenoxy) is 2. The summed E-state index contributed by atoms with van der Waals surface area (Å²) in [5.41, 5.74) is 0.983. The number of phenols is 2. The molecule has 2 aliphatic heterocycles. The summed E-state index contributed by atoms with van der Waals surface area (Å²) in [6.45, 7) is 1.61. The summed E-state index contributed by atoms with van der Waals surface area (Å²) in [6, 6.07) is 13.7. The maximum Gasteiger partial charge on any atom is 0.340 e. The standard InChI is InChI=1S/C27H20N4O7/c1-14(32)12-31-13-16(29-30-31)11-28-25(35)15-2-5-20-19(8-15)26(36)38-27(20)21-6-3-17(33)9-23(21)37-24-10-18(34)4-7-22(24)27/h2-10,13,33-34H,11-12H2,1H3,(H,28,35). The molecule has 0 radical (unpaired) electrons. The van der Waals surface area contributed by atoms with Crippen LogP contribution in [0.4, 0.5) is 0 Å². The van der Waals surface area contributed by atoms with Gasteiger partial charge in [0.05, 0.1) is 18.3 Å². The zero-order valence-electron chi connectivity index (χ0n) is 20.0. The Balaban J connectivity index is 1.35. The summed E-state index contributed by atoms with van der Waals surface area (Å²) in [7, 11) is 0. The van der Waals surface area contributed by atoms with Crippen LogP contribution in [0.25, 0.3) is 0 Å². The van der Waals surface area contributed by atoms with Crippen molar-refractivity contribution >= 4 is 17.7 Å². The summed E-state index contributed by atoms with van der Waals surface area (Å²) >= 11 is 0. The van der Waals surface area contributed by atoms with E-state index in [1.807, 2.05) is 0 Å². The molecule has 0 bridgehead atoms. The van der Waals surface area contributed by atoms with Crippen molar-refractivity contribution < 1.29 is 34.1 Å². The third kappa shape index (κ3) is 3.63. The third-order valence-corrected chi connectivity index (χ3v) is 6.44. The van der Waals surface area contributed by atoms with E-state index >= 15 is 0 Å². The van der Waals surface area contributed by atoms with Gasteiger partial charge >= 0.3 is 5.97 Å². The van der Waals surface area contributed by atoms with Gasteiger partial charge in [0, 0.05) is 34.4 Å². The number of esters is 1. The molecule has 3 N–H and O–H groups in total. The Labute approximate surface area is 215 Å². The van der Waals surface area contributed by atoms with Gasteiger partial charge in [0.1, 0.15) is 35.2 Å². The van der Waals surface area contributed by atoms with Crippen molar-refractivity contribution in [1.82, 2.24) is 20.3 Å². The van der Waals surface area contributed by atoms with Gasteiger partial charge in [-0.1, -0.05) is 11.3 Å². The molecule has 1 aromatic heterocycles. The Kier molecular flexibility index (Phi) is 5.16. The normalized spacial score (nSPS) is 14.2. The molecule has 0 fully saturated rings. The lowest BCUT2D eigenvalue weighted by atomic mass is 9.77. The zero-order chi connectivity index (χ0) is 26.6. The molecule has 0 saturated heterocycles. The molecule has 1 amide bonds. The molecule has 0 aliphatic carbocycles. The first-order valence-corrected chi connectivity index (χ1v) is 11.6. The average Bonchev–Trinajstić information content (AvgIpc) is 3.44. The maximum absolute atomic E-state index is 13.2. The predicted octanol–water partition coefficient (Wildman–Crippen LogP) is 2.78. The van der Waals surface area contributed by atoms with Crippen LogP contribution >= 0.6 is 0 Å². The van der Waals surface area contributed by atoms with Crippen molar-refractivity contribution in [3.63, 3.8) is 0 Å². The molecule has 190 valence electrons. The van der Waals surface area contributed by atoms with Crippen LogP contribution in [0.3, 0.4) is 0 Å². The number of hydrogen-bond acceptors (Lipinski definition) is 9. The monoisotopic (exact) mass is 512 g/mol. The van der Waals surface area contributed by atoms with E-state index in [1.165, 1.54) is 41.9 Å². The van der Waals surface area contributed by atoms with E-state index in [0.29, 0.717) is 22.4 Å². The van der Waals surface area contributed by atoms with Gasteiger partial charge in [-0.25, -0.2) is 9.48 Å². The van der Waals surface area contributed by atoms with E-state index in [1.54, 1.807) is 30.5 Å². The number of aromatic nitrogens is 3. The van der Waals surface area contributed by atoms with Crippen LogP contribution in [0.1, 0.15) is 50.0 Å². The van der Waals surface area contributed by atoms with E-state index in [-0.39, 0.29) is 53.0 Å². The van der Waals surface area contributed by atoms with Gasteiger partial charge in [-0.05, 0) is 43.3 Å². The summed E-state index contributed by atoms with van der Waals surface area (Å²) < 4.78 is 13.3. The second-order valence-electron chi connectivity index (χ2n) is 9.09. The summed E-state index contributed by atoms with van der Waals surface area (Å²) in [4.78, 5) is 37.3. The lowest BCUT2D eigenvalue weighted by Crippen LogP contribution is -2.33. The second-order valence-corrected chi connectivity index (χ2v) is 9.09. The van der Waals surface area contributed by atoms with E-state index in [4.69, 9.17) is 9.47 Å². The highest BCUT2D eigenvalue weighted by Gasteiger charge is 2.53. The number of nitrogens with zero attached hydrogens (tertiary/aromatic N) is 3. The highest BCUT2D eigenvalue weighted by Crippen LogP contribution is 2.57. The van der Waals surface area contributed by atoms with Crippen LogP contribution in [-0.4, -0.2) is 42.9 Å². The second kappa shape index (κ2) is 8.44. The Bertz CT molecular complexity index is 1610. The predicted molar refractivity (Wildman–Crippen MR) is 130 cm³/mol. The van der Waals surface area contributed by atoms with Crippen molar-refractivity contribution in [3.8, 4) is 23.0 Å². The lowest BCUT2D eigenvalue weighted by molar-refractivity contribution is -0.117. The Morgan fingerprint density at radius 3 is 2.29 bits per heavy atom. The zero-order valence-corrected chi connectivity index (χ0v) is 20.0. The molecule has 11 nitrogen and oxygen atoms in total. The Morgan fingerprint density at radius 2 is 1.63 bits per heavy atom. The van der Waals surface area contributed by atoms with Crippen LogP contribution < -0.4 is 10.1 Å². The number of phenolic OH excluding ortho intramolecular Hbond substituents is 2. The number of ketones is 1. The molecule has 0 atom stereocenters. The molecule has 11 heteroatoms. The Morgan fingerprint density at radius 1 is 0.974 bits per heavy atom. The van der Waals surface area contributed by atoms with Crippen LogP contribution in [0.2, 0.25) is 0 Å². The maximum atomic E-state index is 13.2. The molecule has 1 spiro atoms. The molecule has 38 heavy (non-hydrogen) atoms. The Hall–Kier alpha value is -5.19. The van der Waals surface area contributed by atoms with Crippen molar-refractivity contribution in [1.29, 1.82) is 0 Å². The van der Waals surface area contributed by atoms with Crippen LogP contribution in [0.5, 0.6) is 23.0 Å². The minimum absolute atomic E-state index is 0.0413. The number of Topliss-reactive ketones (excluding diaryl/α,β-unsaturated/α-hetero) is 1. The summed E-state index contributed by atoms with van der Waals surface area (Å²) in [5.74, 6) is -0.698. The van der Waals surface area contributed by atoms with Gasteiger partial charge in [-0.2, -0.15) is 0 Å². The number of hydrogen-bond donors (Lipinski definition) is 3. The molecular formula is C27H20N4O7. The summed E-state index contributed by atoms with van der Waals surface area (Å²) in [6.07, 6.45) is 1.57. The minimum atomic E-state index is -1.40. The van der Waals surface area contributed by atoms with Crippen molar-refractivity contribution in [2.45, 2.75) is 25.6 Å². The van der Waals surface area contributed by atoms with E-state index in [9.17, 15) is 24.6 Å². The molecule has 3 aromatic carbocycles. The highest BCUT2D eigenvalue weighted by atomic mass is 16.6. The largest absolute Gasteiger partial charge is 0.508 e. The van der Waals surface area contributed by atoms with Crippen LogP contribution in [0, 0.1) is 0 Å². The highest BCUT2D eigenvalue weighted by molar-refractivity contribution is 6.01. The number of rotatable bonds is 5. The van der Waals surface area contributed by atoms with Crippen LogP contribution in [-0.2, 0) is 28.2 Å². The number of nitrogens with one attached hydrogen (secondary N) is 1. The first kappa shape index (κ1) is 23.2. The number of aromatic hydroxyl groups is 2. The molecule has 4 aromatic rings. The number of benzene rings is 3. The van der Waals surface area contributed by atoms with Crippen molar-refractivity contribution in [2.24, 2.45) is 0 Å². The fourth-order valence-corrected chi connectivity index (χ4v) is 4.84. The van der Waals surface area contributed by atoms with Gasteiger partial charge in [0.2, 0.25) is 0 Å². The van der Waals surface area contributed by atoms with E-state index < -0.39 is 17.5 Å². The van der Waals surface area contributed by atoms with Gasteiger partial charge in [0.15, 0.2) is 11.4 Å². The van der Waals surface area contributed by atoms with Gasteiger partial charge in [0.25, 0.3) is 5.91 Å². The van der Waals surface area contributed by atoms with Gasteiger partial charge in [-0.15, -0.1) is 5.10 Å². The number of carbonyl (C=O) groups is 3. The lowest BCUT2D eigenvalue weighted by Gasteiger charge is -2.36. The fourth-order valence-electron chi connectivity index (χ4n) is 4.84. The average molecular weight is 512 g/mol. The summed E-state index contributed by atoms with van der Waals surface area (Å²) in [5, 5.41) is 30.6. The van der Waals surface area contributed by atoms with Crippen molar-refractivity contribution in [2.75, 3.05) is 0 Å². The third-order valence-electron chi connectivity index (χ3n) is 6.44. The van der Waals surface area contributed by atoms with E-state index in [0.717, 1.165) is 0 Å². The van der Waals surface area contributed by atoms with Crippen LogP contribution in [0.15, 0.2) is 60.8 Å². The number of carbonyl (C=O) groups excluding carboxylic acids is 3. The molecular weight excluding hydrogens is 492 g/mol. The quantitative estimate of drug-likeness (QED) is 0.343. The molecule has 2 aliphatic rings. The molecule has 0 saturated carbocycles. The number of amides is 1. The number of fused-ring (bicyclic) bond motifs is 6. The first-order valence-electron chi connectivity index (χ1n) is 11.6. The van der Waals surface area contributed by atoms with E-state index in [2.05, 4.69) is 15.6 Å². The smallest absolute Gasteiger partial charge is 0.340 e.